The number of nitrogens with zero attached hydrogens (tertiary/aromatic N) is 3. The zero-order valence-corrected chi connectivity index (χ0v) is 14.5. The Balaban J connectivity index is 1.81. The average Bonchev–Trinajstić information content (AvgIpc) is 2.98. The van der Waals surface area contributed by atoms with Gasteiger partial charge in [-0.25, -0.2) is 4.98 Å². The first-order valence-electron chi connectivity index (χ1n) is 8.71. The molecule has 1 atom stereocenters. The maximum atomic E-state index is 12.6. The van der Waals surface area contributed by atoms with E-state index >= 15 is 0 Å². The highest BCUT2D eigenvalue weighted by Gasteiger charge is 2.29. The first-order chi connectivity index (χ1) is 11.6. The van der Waals surface area contributed by atoms with Gasteiger partial charge in [0.15, 0.2) is 0 Å². The lowest BCUT2D eigenvalue weighted by Gasteiger charge is -2.29. The lowest BCUT2D eigenvalue weighted by Crippen LogP contribution is -2.45. The molecule has 3 rings (SSSR count). The number of hydrogen-bond acceptors (Lipinski definition) is 3. The third-order valence-corrected chi connectivity index (χ3v) is 4.60. The normalized spacial score (nSPS) is 19.3. The van der Waals surface area contributed by atoms with E-state index < -0.39 is 0 Å². The van der Waals surface area contributed by atoms with E-state index in [2.05, 4.69) is 45.7 Å². The van der Waals surface area contributed by atoms with E-state index in [1.807, 2.05) is 30.7 Å². The molecule has 5 heteroatoms. The van der Waals surface area contributed by atoms with E-state index in [1.165, 1.54) is 5.56 Å². The van der Waals surface area contributed by atoms with Crippen LogP contribution >= 0.6 is 0 Å². The van der Waals surface area contributed by atoms with Crippen LogP contribution in [0.3, 0.4) is 0 Å². The molecule has 0 spiro atoms. The van der Waals surface area contributed by atoms with Gasteiger partial charge >= 0.3 is 0 Å². The van der Waals surface area contributed by atoms with E-state index in [4.69, 9.17) is 0 Å². The maximum absolute atomic E-state index is 12.6. The van der Waals surface area contributed by atoms with Crippen LogP contribution < -0.4 is 5.32 Å². The Bertz CT molecular complexity index is 665. The molecule has 1 aromatic heterocycles. The third-order valence-electron chi connectivity index (χ3n) is 4.60. The van der Waals surface area contributed by atoms with Gasteiger partial charge in [0.1, 0.15) is 0 Å². The molecule has 1 aliphatic rings. The number of amides is 1. The van der Waals surface area contributed by atoms with Crippen molar-refractivity contribution in [2.75, 3.05) is 13.1 Å². The largest absolute Gasteiger partial charge is 0.355 e. The molecule has 0 bridgehead atoms. The number of carbonyl (C=O) groups excluding carboxylic acids is 1. The summed E-state index contributed by atoms with van der Waals surface area (Å²) in [4.78, 5) is 19.2. The molecule has 0 saturated carbocycles. The standard InChI is InChI=1S/C19H26N4O/c1-15(2)23-14-20-12-17(23)13-22-10-6-9-21-19(24)18(22)11-16-7-4-3-5-8-16/h3-5,7-8,12,14-15,18H,6,9-11,13H2,1-2H3,(H,21,24). The van der Waals surface area contributed by atoms with Crippen LogP contribution in [-0.4, -0.2) is 39.5 Å². The summed E-state index contributed by atoms with van der Waals surface area (Å²) in [6.45, 7) is 6.73. The highest BCUT2D eigenvalue weighted by Crippen LogP contribution is 2.17. The summed E-state index contributed by atoms with van der Waals surface area (Å²) in [5.41, 5.74) is 2.36. The molecular formula is C19H26N4O. The Morgan fingerprint density at radius 3 is 2.83 bits per heavy atom. The van der Waals surface area contributed by atoms with Crippen LogP contribution in [0.4, 0.5) is 0 Å². The molecule has 128 valence electrons. The predicted octanol–water partition coefficient (Wildman–Crippen LogP) is 2.40. The summed E-state index contributed by atoms with van der Waals surface area (Å²) in [6.07, 6.45) is 5.52. The number of hydrogen-bond donors (Lipinski definition) is 1. The first-order valence-corrected chi connectivity index (χ1v) is 8.71. The molecule has 1 N–H and O–H groups in total. The van der Waals surface area contributed by atoms with Gasteiger partial charge in [-0.3, -0.25) is 9.69 Å². The SMILES string of the molecule is CC(C)n1cncc1CN1CCCNC(=O)C1Cc1ccccc1. The van der Waals surface area contributed by atoms with E-state index in [0.717, 1.165) is 38.2 Å². The molecule has 0 radical (unpaired) electrons. The summed E-state index contributed by atoms with van der Waals surface area (Å²) in [5, 5.41) is 3.06. The number of nitrogens with one attached hydrogen (secondary N) is 1. The van der Waals surface area contributed by atoms with Gasteiger partial charge in [-0.2, -0.15) is 0 Å². The van der Waals surface area contributed by atoms with Crippen LogP contribution in [-0.2, 0) is 17.8 Å². The average molecular weight is 326 g/mol. The van der Waals surface area contributed by atoms with Gasteiger partial charge in [0, 0.05) is 31.9 Å². The summed E-state index contributed by atoms with van der Waals surface area (Å²) in [6, 6.07) is 10.5. The van der Waals surface area contributed by atoms with Crippen molar-refractivity contribution in [3.8, 4) is 0 Å². The van der Waals surface area contributed by atoms with Crippen molar-refractivity contribution in [1.82, 2.24) is 19.8 Å². The Morgan fingerprint density at radius 1 is 1.29 bits per heavy atom. The van der Waals surface area contributed by atoms with E-state index in [-0.39, 0.29) is 11.9 Å². The number of benzene rings is 1. The summed E-state index contributed by atoms with van der Waals surface area (Å²) >= 11 is 0. The molecule has 2 heterocycles. The Labute approximate surface area is 143 Å². The van der Waals surface area contributed by atoms with Crippen LogP contribution in [0.15, 0.2) is 42.9 Å². The van der Waals surface area contributed by atoms with Crippen molar-refractivity contribution in [2.24, 2.45) is 0 Å². The lowest BCUT2D eigenvalue weighted by molar-refractivity contribution is -0.125. The quantitative estimate of drug-likeness (QED) is 0.918. The van der Waals surface area contributed by atoms with Gasteiger partial charge in [0.25, 0.3) is 0 Å². The van der Waals surface area contributed by atoms with Gasteiger partial charge in [-0.05, 0) is 32.3 Å². The molecule has 0 aliphatic carbocycles. The van der Waals surface area contributed by atoms with Crippen LogP contribution in [0.5, 0.6) is 0 Å². The smallest absolute Gasteiger partial charge is 0.237 e. The minimum absolute atomic E-state index is 0.131. The third kappa shape index (κ3) is 3.85. The van der Waals surface area contributed by atoms with Crippen LogP contribution in [0.1, 0.15) is 37.6 Å². The van der Waals surface area contributed by atoms with Crippen molar-refractivity contribution < 1.29 is 4.79 Å². The minimum Gasteiger partial charge on any atom is -0.355 e. The van der Waals surface area contributed by atoms with Crippen molar-refractivity contribution in [3.05, 3.63) is 54.1 Å². The van der Waals surface area contributed by atoms with Crippen LogP contribution in [0, 0.1) is 0 Å². The van der Waals surface area contributed by atoms with Crippen molar-refractivity contribution in [2.45, 2.75) is 45.3 Å². The van der Waals surface area contributed by atoms with Gasteiger partial charge in [0.2, 0.25) is 5.91 Å². The number of carbonyl (C=O) groups is 1. The second-order valence-corrected chi connectivity index (χ2v) is 6.71. The van der Waals surface area contributed by atoms with Gasteiger partial charge in [-0.15, -0.1) is 0 Å². The van der Waals surface area contributed by atoms with Gasteiger partial charge in [0.05, 0.1) is 18.1 Å². The van der Waals surface area contributed by atoms with Crippen LogP contribution in [0.2, 0.25) is 0 Å². The number of rotatable bonds is 5. The first kappa shape index (κ1) is 16.7. The fourth-order valence-corrected chi connectivity index (χ4v) is 3.31. The summed E-state index contributed by atoms with van der Waals surface area (Å²) in [5.74, 6) is 0.131. The topological polar surface area (TPSA) is 50.2 Å². The second-order valence-electron chi connectivity index (χ2n) is 6.71. The maximum Gasteiger partial charge on any atom is 0.237 e. The molecule has 2 aromatic rings. The molecule has 1 unspecified atom stereocenters. The summed E-state index contributed by atoms with van der Waals surface area (Å²) in [7, 11) is 0. The molecule has 24 heavy (non-hydrogen) atoms. The highest BCUT2D eigenvalue weighted by molar-refractivity contribution is 5.82. The van der Waals surface area contributed by atoms with E-state index in [0.29, 0.717) is 6.04 Å². The predicted molar refractivity (Wildman–Crippen MR) is 94.6 cm³/mol. The molecular weight excluding hydrogens is 300 g/mol. The van der Waals surface area contributed by atoms with Crippen LogP contribution in [0.25, 0.3) is 0 Å². The van der Waals surface area contributed by atoms with Crippen molar-refractivity contribution in [3.63, 3.8) is 0 Å². The zero-order valence-electron chi connectivity index (χ0n) is 14.5. The second kappa shape index (κ2) is 7.62. The highest BCUT2D eigenvalue weighted by atomic mass is 16.2. The van der Waals surface area contributed by atoms with Crippen molar-refractivity contribution in [1.29, 1.82) is 0 Å². The fraction of sp³-hybridized carbons (Fsp3) is 0.474. The van der Waals surface area contributed by atoms with Crippen molar-refractivity contribution >= 4 is 5.91 Å². The number of imidazole rings is 1. The summed E-state index contributed by atoms with van der Waals surface area (Å²) < 4.78 is 2.18. The molecule has 1 saturated heterocycles. The Kier molecular flexibility index (Phi) is 5.30. The Hall–Kier alpha value is -2.14. The minimum atomic E-state index is -0.134. The number of aromatic nitrogens is 2. The lowest BCUT2D eigenvalue weighted by atomic mass is 10.0. The van der Waals surface area contributed by atoms with E-state index in [9.17, 15) is 4.79 Å². The molecule has 1 fully saturated rings. The van der Waals surface area contributed by atoms with Gasteiger partial charge < -0.3 is 9.88 Å². The molecule has 1 aromatic carbocycles. The monoisotopic (exact) mass is 326 g/mol. The zero-order chi connectivity index (χ0) is 16.9. The van der Waals surface area contributed by atoms with Gasteiger partial charge in [-0.1, -0.05) is 30.3 Å². The molecule has 1 aliphatic heterocycles. The fourth-order valence-electron chi connectivity index (χ4n) is 3.31. The van der Waals surface area contributed by atoms with E-state index in [1.54, 1.807) is 0 Å². The molecule has 5 nitrogen and oxygen atoms in total. The Morgan fingerprint density at radius 2 is 2.08 bits per heavy atom. The molecule has 1 amide bonds.